The van der Waals surface area contributed by atoms with E-state index >= 15 is 0 Å². The van der Waals surface area contributed by atoms with E-state index < -0.39 is 5.97 Å². The van der Waals surface area contributed by atoms with Gasteiger partial charge in [-0.25, -0.2) is 9.78 Å². The van der Waals surface area contributed by atoms with Crippen LogP contribution in [0, 0.1) is 6.92 Å². The van der Waals surface area contributed by atoms with Crippen molar-refractivity contribution in [1.29, 1.82) is 0 Å². The maximum atomic E-state index is 11.5. The number of aryl methyl sites for hydroxylation is 1. The molecular formula is C17H18N4O2. The summed E-state index contributed by atoms with van der Waals surface area (Å²) in [5.74, 6) is -0.410. The minimum absolute atomic E-state index is 0.387. The molecule has 23 heavy (non-hydrogen) atoms. The van der Waals surface area contributed by atoms with E-state index in [0.29, 0.717) is 17.9 Å². The van der Waals surface area contributed by atoms with E-state index in [2.05, 4.69) is 15.3 Å². The molecule has 0 unspecified atom stereocenters. The Morgan fingerprint density at radius 2 is 2.17 bits per heavy atom. The second-order valence-corrected chi connectivity index (χ2v) is 5.38. The highest BCUT2D eigenvalue weighted by atomic mass is 16.5. The number of pyridine rings is 1. The number of nitrogens with two attached hydrogens (primary N) is 1. The molecule has 0 aliphatic rings. The first-order chi connectivity index (χ1) is 11.1. The number of hydrogen-bond acceptors (Lipinski definition) is 5. The van der Waals surface area contributed by atoms with Gasteiger partial charge in [0.2, 0.25) is 0 Å². The zero-order chi connectivity index (χ0) is 16.4. The summed E-state index contributed by atoms with van der Waals surface area (Å²) < 4.78 is 4.70. The number of esters is 1. The normalized spacial score (nSPS) is 10.7. The molecule has 0 atom stereocenters. The van der Waals surface area contributed by atoms with E-state index in [4.69, 9.17) is 10.5 Å². The van der Waals surface area contributed by atoms with E-state index in [1.165, 1.54) is 7.11 Å². The summed E-state index contributed by atoms with van der Waals surface area (Å²) in [7, 11) is 1.35. The van der Waals surface area contributed by atoms with Crippen molar-refractivity contribution in [3.8, 4) is 0 Å². The highest BCUT2D eigenvalue weighted by Gasteiger charge is 2.10. The summed E-state index contributed by atoms with van der Waals surface area (Å²) in [4.78, 5) is 18.8. The lowest BCUT2D eigenvalue weighted by Gasteiger charge is -2.08. The van der Waals surface area contributed by atoms with E-state index in [-0.39, 0.29) is 0 Å². The summed E-state index contributed by atoms with van der Waals surface area (Å²) in [6.45, 7) is 2.63. The molecule has 4 N–H and O–H groups in total. The SMILES string of the molecule is COC(=O)c1cc2cc(NCc3ccc(C)c(N)c3)cnc2[nH]1. The molecular weight excluding hydrogens is 292 g/mol. The van der Waals surface area contributed by atoms with Gasteiger partial charge in [0.05, 0.1) is 19.0 Å². The number of carbonyl (C=O) groups is 1. The molecule has 2 heterocycles. The molecule has 2 aromatic heterocycles. The predicted molar refractivity (Wildman–Crippen MR) is 90.4 cm³/mol. The Balaban J connectivity index is 1.77. The zero-order valence-electron chi connectivity index (χ0n) is 13.0. The second-order valence-electron chi connectivity index (χ2n) is 5.38. The van der Waals surface area contributed by atoms with Crippen molar-refractivity contribution in [3.05, 3.63) is 53.3 Å². The molecule has 0 aliphatic carbocycles. The zero-order valence-corrected chi connectivity index (χ0v) is 13.0. The number of rotatable bonds is 4. The van der Waals surface area contributed by atoms with Crippen molar-refractivity contribution in [2.24, 2.45) is 0 Å². The molecule has 0 saturated carbocycles. The average Bonchev–Trinajstić information content (AvgIpc) is 2.98. The average molecular weight is 310 g/mol. The van der Waals surface area contributed by atoms with Crippen molar-refractivity contribution >= 4 is 28.4 Å². The fraction of sp³-hybridized carbons (Fsp3) is 0.176. The minimum atomic E-state index is -0.410. The number of H-pyrrole nitrogens is 1. The van der Waals surface area contributed by atoms with Crippen LogP contribution in [0.1, 0.15) is 21.6 Å². The van der Waals surface area contributed by atoms with Gasteiger partial charge in [-0.3, -0.25) is 0 Å². The van der Waals surface area contributed by atoms with Crippen LogP contribution >= 0.6 is 0 Å². The molecule has 3 rings (SSSR count). The summed E-state index contributed by atoms with van der Waals surface area (Å²) in [6.07, 6.45) is 1.72. The topological polar surface area (TPSA) is 93.0 Å². The quantitative estimate of drug-likeness (QED) is 0.509. The van der Waals surface area contributed by atoms with Crippen LogP contribution < -0.4 is 11.1 Å². The van der Waals surface area contributed by atoms with Crippen molar-refractivity contribution in [3.63, 3.8) is 0 Å². The first kappa shape index (κ1) is 14.9. The van der Waals surface area contributed by atoms with Crippen LogP contribution in [0.2, 0.25) is 0 Å². The maximum absolute atomic E-state index is 11.5. The van der Waals surface area contributed by atoms with Gasteiger partial charge in [-0.05, 0) is 36.2 Å². The summed E-state index contributed by atoms with van der Waals surface area (Å²) in [5.41, 5.74) is 10.8. The van der Waals surface area contributed by atoms with Crippen LogP contribution in [0.4, 0.5) is 11.4 Å². The summed E-state index contributed by atoms with van der Waals surface area (Å²) >= 11 is 0. The third-order valence-electron chi connectivity index (χ3n) is 3.72. The number of hydrogen-bond donors (Lipinski definition) is 3. The third kappa shape index (κ3) is 3.11. The number of nitrogens with zero attached hydrogens (tertiary/aromatic N) is 1. The number of nitrogens with one attached hydrogen (secondary N) is 2. The number of aromatic nitrogens is 2. The molecule has 0 fully saturated rings. The lowest BCUT2D eigenvalue weighted by Crippen LogP contribution is -2.01. The van der Waals surface area contributed by atoms with Crippen molar-refractivity contribution in [2.75, 3.05) is 18.2 Å². The van der Waals surface area contributed by atoms with Gasteiger partial charge in [-0.2, -0.15) is 0 Å². The molecule has 118 valence electrons. The molecule has 0 radical (unpaired) electrons. The number of fused-ring (bicyclic) bond motifs is 1. The van der Waals surface area contributed by atoms with Crippen molar-refractivity contribution in [1.82, 2.24) is 9.97 Å². The number of ether oxygens (including phenoxy) is 1. The Morgan fingerprint density at radius 1 is 1.35 bits per heavy atom. The second kappa shape index (κ2) is 6.00. The lowest BCUT2D eigenvalue weighted by molar-refractivity contribution is 0.0595. The summed E-state index contributed by atoms with van der Waals surface area (Å²) in [5, 5.41) is 4.15. The molecule has 0 amide bonds. The number of carbonyl (C=O) groups excluding carboxylic acids is 1. The van der Waals surface area contributed by atoms with Gasteiger partial charge in [0.15, 0.2) is 0 Å². The van der Waals surface area contributed by atoms with Gasteiger partial charge in [-0.1, -0.05) is 12.1 Å². The van der Waals surface area contributed by atoms with Gasteiger partial charge in [-0.15, -0.1) is 0 Å². The van der Waals surface area contributed by atoms with E-state index in [9.17, 15) is 4.79 Å². The van der Waals surface area contributed by atoms with E-state index in [1.54, 1.807) is 12.3 Å². The lowest BCUT2D eigenvalue weighted by atomic mass is 10.1. The molecule has 0 aliphatic heterocycles. The predicted octanol–water partition coefficient (Wildman–Crippen LogP) is 2.85. The van der Waals surface area contributed by atoms with Crippen LogP contribution in [0.15, 0.2) is 36.5 Å². The Labute approximate surface area is 133 Å². The summed E-state index contributed by atoms with van der Waals surface area (Å²) in [6, 6.07) is 9.66. The molecule has 1 aromatic carbocycles. The first-order valence-electron chi connectivity index (χ1n) is 7.23. The number of methoxy groups -OCH3 is 1. The first-order valence-corrected chi connectivity index (χ1v) is 7.23. The number of aromatic amines is 1. The minimum Gasteiger partial charge on any atom is -0.464 e. The van der Waals surface area contributed by atoms with E-state index in [1.807, 2.05) is 31.2 Å². The highest BCUT2D eigenvalue weighted by Crippen LogP contribution is 2.19. The molecule has 0 bridgehead atoms. The maximum Gasteiger partial charge on any atom is 0.354 e. The van der Waals surface area contributed by atoms with Crippen molar-refractivity contribution < 1.29 is 9.53 Å². The van der Waals surface area contributed by atoms with Crippen LogP contribution in [-0.4, -0.2) is 23.0 Å². The standard InChI is InChI=1S/C17H18N4O2/c1-10-3-4-11(5-14(10)18)8-19-13-6-12-7-15(17(22)23-2)21-16(12)20-9-13/h3-7,9,19H,8,18H2,1-2H3,(H,20,21). The van der Waals surface area contributed by atoms with Crippen molar-refractivity contribution in [2.45, 2.75) is 13.5 Å². The van der Waals surface area contributed by atoms with Gasteiger partial charge < -0.3 is 20.8 Å². The molecule has 0 spiro atoms. The van der Waals surface area contributed by atoms with Gasteiger partial charge >= 0.3 is 5.97 Å². The van der Waals surface area contributed by atoms with E-state index in [0.717, 1.165) is 27.9 Å². The monoisotopic (exact) mass is 310 g/mol. The van der Waals surface area contributed by atoms with Crippen LogP contribution in [0.25, 0.3) is 11.0 Å². The molecule has 3 aromatic rings. The smallest absolute Gasteiger partial charge is 0.354 e. The van der Waals surface area contributed by atoms with Gasteiger partial charge in [0.1, 0.15) is 11.3 Å². The molecule has 6 nitrogen and oxygen atoms in total. The third-order valence-corrected chi connectivity index (χ3v) is 3.72. The highest BCUT2D eigenvalue weighted by molar-refractivity contribution is 5.94. The Morgan fingerprint density at radius 3 is 2.91 bits per heavy atom. The number of anilines is 2. The van der Waals surface area contributed by atoms with Crippen LogP contribution in [-0.2, 0) is 11.3 Å². The Bertz CT molecular complexity index is 870. The fourth-order valence-corrected chi connectivity index (χ4v) is 2.34. The molecule has 6 heteroatoms. The number of nitrogen functional groups attached to an aromatic ring is 1. The van der Waals surface area contributed by atoms with Gasteiger partial charge in [0.25, 0.3) is 0 Å². The van der Waals surface area contributed by atoms with Crippen LogP contribution in [0.5, 0.6) is 0 Å². The number of benzene rings is 1. The fourth-order valence-electron chi connectivity index (χ4n) is 2.34. The Hall–Kier alpha value is -3.02. The Kier molecular flexibility index (Phi) is 3.89. The largest absolute Gasteiger partial charge is 0.464 e. The molecule has 0 saturated heterocycles. The van der Waals surface area contributed by atoms with Crippen LogP contribution in [0.3, 0.4) is 0 Å². The van der Waals surface area contributed by atoms with Gasteiger partial charge in [0, 0.05) is 17.6 Å².